The van der Waals surface area contributed by atoms with Crippen molar-refractivity contribution in [2.75, 3.05) is 6.61 Å². The Morgan fingerprint density at radius 1 is 1.47 bits per heavy atom. The summed E-state index contributed by atoms with van der Waals surface area (Å²) in [5.74, 6) is -0.343. The summed E-state index contributed by atoms with van der Waals surface area (Å²) in [6, 6.07) is 3.50. The predicted molar refractivity (Wildman–Crippen MR) is 74.5 cm³/mol. The Bertz CT molecular complexity index is 625. The van der Waals surface area contributed by atoms with Crippen LogP contribution >= 0.6 is 11.3 Å². The number of carbonyl (C=O) groups excluding carboxylic acids is 2. The van der Waals surface area contributed by atoms with E-state index in [1.54, 1.807) is 29.8 Å². The fourth-order valence-electron chi connectivity index (χ4n) is 1.90. The van der Waals surface area contributed by atoms with Crippen LogP contribution in [0.5, 0.6) is 0 Å². The molecule has 0 aliphatic rings. The van der Waals surface area contributed by atoms with Crippen molar-refractivity contribution >= 4 is 23.6 Å². The Morgan fingerprint density at radius 3 is 2.84 bits per heavy atom. The molecule has 2 rings (SSSR count). The number of aromatic nitrogens is 1. The molecule has 0 bridgehead atoms. The van der Waals surface area contributed by atoms with Crippen LogP contribution in [0.25, 0.3) is 5.00 Å². The van der Waals surface area contributed by atoms with Crippen LogP contribution < -0.4 is 0 Å². The fourth-order valence-corrected chi connectivity index (χ4v) is 3.05. The Balaban J connectivity index is 2.61. The highest BCUT2D eigenvalue weighted by Gasteiger charge is 2.22. The number of aldehydes is 1. The van der Waals surface area contributed by atoms with Gasteiger partial charge in [0.25, 0.3) is 0 Å². The highest BCUT2D eigenvalue weighted by molar-refractivity contribution is 7.15. The summed E-state index contributed by atoms with van der Waals surface area (Å²) in [5.41, 5.74) is 1.97. The second-order valence-corrected chi connectivity index (χ2v) is 5.31. The SMILES string of the molecule is CCOC(=O)c1c(-n2cccc2C=O)sc(C)c1C. The monoisotopic (exact) mass is 277 g/mol. The van der Waals surface area contributed by atoms with Crippen LogP contribution in [0.4, 0.5) is 0 Å². The second kappa shape index (κ2) is 5.40. The van der Waals surface area contributed by atoms with Gasteiger partial charge in [0.2, 0.25) is 0 Å². The minimum Gasteiger partial charge on any atom is -0.462 e. The molecule has 0 spiro atoms. The molecule has 19 heavy (non-hydrogen) atoms. The van der Waals surface area contributed by atoms with Crippen LogP contribution in [-0.2, 0) is 4.74 Å². The molecule has 4 nitrogen and oxygen atoms in total. The summed E-state index contributed by atoms with van der Waals surface area (Å²) in [5, 5.41) is 0.737. The standard InChI is InChI=1S/C14H15NO3S/c1-4-18-14(17)12-9(2)10(3)19-13(12)15-7-5-6-11(15)8-16/h5-8H,4H2,1-3H3. The van der Waals surface area contributed by atoms with E-state index in [4.69, 9.17) is 4.74 Å². The van der Waals surface area contributed by atoms with Crippen LogP contribution in [0.15, 0.2) is 18.3 Å². The molecule has 0 N–H and O–H groups in total. The minimum absolute atomic E-state index is 0.332. The van der Waals surface area contributed by atoms with Crippen molar-refractivity contribution in [2.24, 2.45) is 0 Å². The van der Waals surface area contributed by atoms with Gasteiger partial charge in [-0.1, -0.05) is 0 Å². The van der Waals surface area contributed by atoms with E-state index in [0.29, 0.717) is 17.9 Å². The normalized spacial score (nSPS) is 10.5. The molecule has 5 heteroatoms. The average Bonchev–Trinajstić information content (AvgIpc) is 2.95. The quantitative estimate of drug-likeness (QED) is 0.637. The van der Waals surface area contributed by atoms with E-state index in [1.165, 1.54) is 11.3 Å². The zero-order valence-corrected chi connectivity index (χ0v) is 11.9. The lowest BCUT2D eigenvalue weighted by molar-refractivity contribution is 0.0526. The first-order valence-corrected chi connectivity index (χ1v) is 6.81. The zero-order chi connectivity index (χ0) is 14.0. The molecule has 0 radical (unpaired) electrons. The number of nitrogens with zero attached hydrogens (tertiary/aromatic N) is 1. The molecule has 0 aromatic carbocycles. The lowest BCUT2D eigenvalue weighted by atomic mass is 10.1. The largest absolute Gasteiger partial charge is 0.462 e. The van der Waals surface area contributed by atoms with E-state index in [0.717, 1.165) is 21.7 Å². The lowest BCUT2D eigenvalue weighted by Gasteiger charge is -2.07. The highest BCUT2D eigenvalue weighted by Crippen LogP contribution is 2.32. The molecule has 0 aliphatic heterocycles. The molecular formula is C14H15NO3S. The second-order valence-electron chi connectivity index (χ2n) is 4.10. The van der Waals surface area contributed by atoms with Crippen molar-refractivity contribution in [1.82, 2.24) is 4.57 Å². The van der Waals surface area contributed by atoms with Crippen molar-refractivity contribution in [1.29, 1.82) is 0 Å². The molecule has 0 unspecified atom stereocenters. The fraction of sp³-hybridized carbons (Fsp3) is 0.286. The Hall–Kier alpha value is -1.88. The summed E-state index contributed by atoms with van der Waals surface area (Å²) in [6.45, 7) is 5.96. The van der Waals surface area contributed by atoms with Crippen LogP contribution in [0.1, 0.15) is 38.2 Å². The van der Waals surface area contributed by atoms with E-state index in [1.807, 2.05) is 13.8 Å². The van der Waals surface area contributed by atoms with Gasteiger partial charge in [-0.15, -0.1) is 11.3 Å². The Morgan fingerprint density at radius 2 is 2.21 bits per heavy atom. The summed E-state index contributed by atoms with van der Waals surface area (Å²) in [6.07, 6.45) is 2.55. The van der Waals surface area contributed by atoms with Crippen molar-refractivity contribution in [2.45, 2.75) is 20.8 Å². The first-order chi connectivity index (χ1) is 9.10. The van der Waals surface area contributed by atoms with Crippen LogP contribution in [0.2, 0.25) is 0 Å². The predicted octanol–water partition coefficient (Wildman–Crippen LogP) is 3.14. The van der Waals surface area contributed by atoms with E-state index in [9.17, 15) is 9.59 Å². The van der Waals surface area contributed by atoms with Gasteiger partial charge >= 0.3 is 5.97 Å². The summed E-state index contributed by atoms with van der Waals surface area (Å²) < 4.78 is 6.83. The maximum absolute atomic E-state index is 12.1. The smallest absolute Gasteiger partial charge is 0.341 e. The molecule has 2 heterocycles. The van der Waals surface area contributed by atoms with E-state index in [2.05, 4.69) is 0 Å². The van der Waals surface area contributed by atoms with E-state index in [-0.39, 0.29) is 5.97 Å². The summed E-state index contributed by atoms with van der Waals surface area (Å²) in [7, 11) is 0. The molecule has 2 aromatic heterocycles. The molecule has 2 aromatic rings. The maximum atomic E-state index is 12.1. The van der Waals surface area contributed by atoms with Crippen molar-refractivity contribution < 1.29 is 14.3 Å². The van der Waals surface area contributed by atoms with Crippen LogP contribution in [0.3, 0.4) is 0 Å². The Labute approximate surface area is 115 Å². The number of rotatable bonds is 4. The molecular weight excluding hydrogens is 262 g/mol. The molecule has 0 saturated carbocycles. The number of hydrogen-bond acceptors (Lipinski definition) is 4. The molecule has 100 valence electrons. The van der Waals surface area contributed by atoms with Gasteiger partial charge < -0.3 is 9.30 Å². The van der Waals surface area contributed by atoms with E-state index < -0.39 is 0 Å². The van der Waals surface area contributed by atoms with Gasteiger partial charge in [0.1, 0.15) is 5.00 Å². The van der Waals surface area contributed by atoms with Crippen molar-refractivity contribution in [3.05, 3.63) is 40.0 Å². The number of carbonyl (C=O) groups is 2. The van der Waals surface area contributed by atoms with Crippen LogP contribution in [-0.4, -0.2) is 23.4 Å². The lowest BCUT2D eigenvalue weighted by Crippen LogP contribution is -2.09. The number of ether oxygens (including phenoxy) is 1. The van der Waals surface area contributed by atoms with Crippen molar-refractivity contribution in [3.8, 4) is 5.00 Å². The van der Waals surface area contributed by atoms with Gasteiger partial charge in [-0.2, -0.15) is 0 Å². The zero-order valence-electron chi connectivity index (χ0n) is 11.1. The first-order valence-electron chi connectivity index (χ1n) is 6.00. The van der Waals surface area contributed by atoms with Crippen molar-refractivity contribution in [3.63, 3.8) is 0 Å². The third-order valence-corrected chi connectivity index (χ3v) is 4.17. The molecule has 0 fully saturated rings. The maximum Gasteiger partial charge on any atom is 0.341 e. The topological polar surface area (TPSA) is 48.3 Å². The third-order valence-electron chi connectivity index (χ3n) is 2.97. The number of thiophene rings is 1. The van der Waals surface area contributed by atoms with Crippen LogP contribution in [0, 0.1) is 13.8 Å². The van der Waals surface area contributed by atoms with Gasteiger partial charge in [0.05, 0.1) is 17.9 Å². The highest BCUT2D eigenvalue weighted by atomic mass is 32.1. The van der Waals surface area contributed by atoms with Gasteiger partial charge in [0, 0.05) is 11.1 Å². The summed E-state index contributed by atoms with van der Waals surface area (Å²) in [4.78, 5) is 24.2. The molecule has 0 amide bonds. The average molecular weight is 277 g/mol. The van der Waals surface area contributed by atoms with E-state index >= 15 is 0 Å². The van der Waals surface area contributed by atoms with Gasteiger partial charge in [-0.25, -0.2) is 4.79 Å². The van der Waals surface area contributed by atoms with Gasteiger partial charge in [0.15, 0.2) is 6.29 Å². The van der Waals surface area contributed by atoms with Gasteiger partial charge in [-0.3, -0.25) is 4.79 Å². The number of hydrogen-bond donors (Lipinski definition) is 0. The molecule has 0 atom stereocenters. The number of aryl methyl sites for hydroxylation is 1. The summed E-state index contributed by atoms with van der Waals surface area (Å²) >= 11 is 1.49. The third kappa shape index (κ3) is 2.33. The Kier molecular flexibility index (Phi) is 3.85. The first kappa shape index (κ1) is 13.5. The molecule has 0 saturated heterocycles. The molecule has 0 aliphatic carbocycles. The number of esters is 1. The minimum atomic E-state index is -0.343. The van der Waals surface area contributed by atoms with Gasteiger partial charge in [-0.05, 0) is 38.5 Å².